The Hall–Kier alpha value is -2.63. The van der Waals surface area contributed by atoms with E-state index in [2.05, 4.69) is 69.4 Å². The molecule has 306 valence electrons. The van der Waals surface area contributed by atoms with E-state index >= 15 is 0 Å². The Kier molecular flexibility index (Phi) is 40.0. The van der Waals surface area contributed by atoms with Crippen LogP contribution in [0.1, 0.15) is 213 Å². The van der Waals surface area contributed by atoms with Crippen molar-refractivity contribution >= 4 is 17.9 Å². The fraction of sp³-hybridized carbons (Fsp3) is 0.766. The SMILES string of the molecule is CCC/C=C\CCCCCCCC(=O)OCC(COC(=O)CCCCCCC/C=C\C/C=C\CCCCC)OC(=O)CCCCCCC/C=C\CCC. The maximum Gasteiger partial charge on any atom is 0.306 e. The minimum absolute atomic E-state index is 0.0861. The van der Waals surface area contributed by atoms with E-state index in [9.17, 15) is 14.4 Å². The van der Waals surface area contributed by atoms with E-state index in [1.54, 1.807) is 0 Å². The summed E-state index contributed by atoms with van der Waals surface area (Å²) in [5.74, 6) is -0.925. The topological polar surface area (TPSA) is 78.9 Å². The highest BCUT2D eigenvalue weighted by molar-refractivity contribution is 5.71. The standard InChI is InChI=1S/C47H82O6/c1-4-7-10-13-16-19-22-23-24-25-26-29-31-34-37-40-46(49)52-43-44(53-47(50)41-38-35-32-28-21-18-15-12-9-6-3)42-51-45(48)39-36-33-30-27-20-17-14-11-8-5-2/h11-12,14-16,19,23-24,44H,4-10,13,17-18,20-22,25-43H2,1-3H3/b14-11-,15-12-,19-16-,24-23-. The molecule has 0 aliphatic heterocycles. The number of rotatable bonds is 39. The van der Waals surface area contributed by atoms with E-state index in [0.717, 1.165) is 109 Å². The van der Waals surface area contributed by atoms with Gasteiger partial charge in [0.15, 0.2) is 6.10 Å². The maximum absolute atomic E-state index is 12.7. The van der Waals surface area contributed by atoms with E-state index in [1.807, 2.05) is 0 Å². The lowest BCUT2D eigenvalue weighted by Crippen LogP contribution is -2.30. The Morgan fingerprint density at radius 1 is 0.377 bits per heavy atom. The summed E-state index contributed by atoms with van der Waals surface area (Å²) in [5, 5.41) is 0. The molecule has 0 aliphatic rings. The van der Waals surface area contributed by atoms with Crippen LogP contribution >= 0.6 is 0 Å². The predicted molar refractivity (Wildman–Crippen MR) is 224 cm³/mol. The van der Waals surface area contributed by atoms with Gasteiger partial charge in [-0.2, -0.15) is 0 Å². The Labute approximate surface area is 327 Å². The van der Waals surface area contributed by atoms with Gasteiger partial charge in [0.2, 0.25) is 0 Å². The van der Waals surface area contributed by atoms with E-state index in [-0.39, 0.29) is 31.1 Å². The highest BCUT2D eigenvalue weighted by Gasteiger charge is 2.19. The van der Waals surface area contributed by atoms with Crippen molar-refractivity contribution in [3.63, 3.8) is 0 Å². The second kappa shape index (κ2) is 42.1. The van der Waals surface area contributed by atoms with Crippen LogP contribution in [0, 0.1) is 0 Å². The minimum Gasteiger partial charge on any atom is -0.462 e. The number of allylic oxidation sites excluding steroid dienone is 8. The van der Waals surface area contributed by atoms with Crippen LogP contribution in [0.2, 0.25) is 0 Å². The van der Waals surface area contributed by atoms with Gasteiger partial charge in [-0.15, -0.1) is 0 Å². The Morgan fingerprint density at radius 2 is 0.717 bits per heavy atom. The lowest BCUT2D eigenvalue weighted by Gasteiger charge is -2.18. The molecule has 1 unspecified atom stereocenters. The quantitative estimate of drug-likeness (QED) is 0.0270. The van der Waals surface area contributed by atoms with Crippen LogP contribution in [0.15, 0.2) is 48.6 Å². The minimum atomic E-state index is -0.782. The number of unbranched alkanes of at least 4 members (excludes halogenated alkanes) is 20. The second-order valence-corrected chi connectivity index (χ2v) is 14.6. The predicted octanol–water partition coefficient (Wildman–Crippen LogP) is 14.0. The molecule has 0 spiro atoms. The molecule has 53 heavy (non-hydrogen) atoms. The van der Waals surface area contributed by atoms with E-state index in [4.69, 9.17) is 14.2 Å². The summed E-state index contributed by atoms with van der Waals surface area (Å²) in [6.45, 7) is 6.44. The van der Waals surface area contributed by atoms with Gasteiger partial charge < -0.3 is 14.2 Å². The smallest absolute Gasteiger partial charge is 0.306 e. The average Bonchev–Trinajstić information content (AvgIpc) is 3.15. The van der Waals surface area contributed by atoms with Gasteiger partial charge in [0.25, 0.3) is 0 Å². The van der Waals surface area contributed by atoms with Crippen LogP contribution < -0.4 is 0 Å². The second-order valence-electron chi connectivity index (χ2n) is 14.6. The molecule has 0 saturated heterocycles. The molecule has 0 amide bonds. The first-order valence-corrected chi connectivity index (χ1v) is 22.1. The highest BCUT2D eigenvalue weighted by atomic mass is 16.6. The van der Waals surface area contributed by atoms with E-state index < -0.39 is 6.10 Å². The Morgan fingerprint density at radius 3 is 1.13 bits per heavy atom. The summed E-state index contributed by atoms with van der Waals surface area (Å²) in [6, 6.07) is 0. The van der Waals surface area contributed by atoms with Crippen LogP contribution in [0.25, 0.3) is 0 Å². The van der Waals surface area contributed by atoms with Gasteiger partial charge in [-0.3, -0.25) is 14.4 Å². The first-order valence-electron chi connectivity index (χ1n) is 22.1. The summed E-state index contributed by atoms with van der Waals surface area (Å²) in [5.41, 5.74) is 0. The van der Waals surface area contributed by atoms with Gasteiger partial charge in [-0.25, -0.2) is 0 Å². The summed E-state index contributed by atoms with van der Waals surface area (Å²) >= 11 is 0. The lowest BCUT2D eigenvalue weighted by atomic mass is 10.1. The van der Waals surface area contributed by atoms with Crippen LogP contribution in [0.3, 0.4) is 0 Å². The molecule has 0 aromatic carbocycles. The molecular weight excluding hydrogens is 661 g/mol. The number of carbonyl (C=O) groups excluding carboxylic acids is 3. The van der Waals surface area contributed by atoms with Gasteiger partial charge in [0.05, 0.1) is 0 Å². The molecule has 1 atom stereocenters. The van der Waals surface area contributed by atoms with Crippen molar-refractivity contribution in [3.05, 3.63) is 48.6 Å². The molecule has 0 bridgehead atoms. The molecule has 6 nitrogen and oxygen atoms in total. The molecule has 0 radical (unpaired) electrons. The monoisotopic (exact) mass is 743 g/mol. The number of hydrogen-bond acceptors (Lipinski definition) is 6. The lowest BCUT2D eigenvalue weighted by molar-refractivity contribution is -0.167. The van der Waals surface area contributed by atoms with Gasteiger partial charge in [-0.05, 0) is 89.9 Å². The molecule has 0 aliphatic carbocycles. The van der Waals surface area contributed by atoms with Crippen LogP contribution in [0.5, 0.6) is 0 Å². The molecule has 6 heteroatoms. The summed E-state index contributed by atoms with van der Waals surface area (Å²) in [7, 11) is 0. The van der Waals surface area contributed by atoms with Crippen LogP contribution in [-0.2, 0) is 28.6 Å². The zero-order valence-electron chi connectivity index (χ0n) is 34.8. The molecule has 0 aromatic heterocycles. The fourth-order valence-electron chi connectivity index (χ4n) is 5.89. The average molecular weight is 743 g/mol. The third kappa shape index (κ3) is 40.4. The highest BCUT2D eigenvalue weighted by Crippen LogP contribution is 2.13. The summed E-state index contributed by atoms with van der Waals surface area (Å²) in [6.07, 6.45) is 48.1. The van der Waals surface area contributed by atoms with Gasteiger partial charge in [0, 0.05) is 19.3 Å². The molecule has 0 heterocycles. The Balaban J connectivity index is 4.38. The Bertz CT molecular complexity index is 949. The van der Waals surface area contributed by atoms with Gasteiger partial charge in [-0.1, -0.05) is 153 Å². The zero-order valence-corrected chi connectivity index (χ0v) is 34.8. The first-order chi connectivity index (χ1) is 26.0. The van der Waals surface area contributed by atoms with Crippen molar-refractivity contribution in [3.8, 4) is 0 Å². The fourth-order valence-corrected chi connectivity index (χ4v) is 5.89. The van der Waals surface area contributed by atoms with Crippen molar-refractivity contribution in [1.82, 2.24) is 0 Å². The number of ether oxygens (including phenoxy) is 3. The molecule has 0 N–H and O–H groups in total. The number of esters is 3. The van der Waals surface area contributed by atoms with E-state index in [0.29, 0.717) is 19.3 Å². The van der Waals surface area contributed by atoms with Crippen molar-refractivity contribution in [2.75, 3.05) is 13.2 Å². The third-order valence-electron chi connectivity index (χ3n) is 9.24. The molecular formula is C47H82O6. The van der Waals surface area contributed by atoms with Crippen LogP contribution in [-0.4, -0.2) is 37.2 Å². The summed E-state index contributed by atoms with van der Waals surface area (Å²) in [4.78, 5) is 37.6. The van der Waals surface area contributed by atoms with Crippen molar-refractivity contribution in [1.29, 1.82) is 0 Å². The van der Waals surface area contributed by atoms with Crippen molar-refractivity contribution < 1.29 is 28.6 Å². The van der Waals surface area contributed by atoms with Gasteiger partial charge in [0.1, 0.15) is 13.2 Å². The zero-order chi connectivity index (χ0) is 38.7. The maximum atomic E-state index is 12.7. The first kappa shape index (κ1) is 50.4. The van der Waals surface area contributed by atoms with E-state index in [1.165, 1.54) is 64.2 Å². The number of hydrogen-bond donors (Lipinski definition) is 0. The van der Waals surface area contributed by atoms with Crippen LogP contribution in [0.4, 0.5) is 0 Å². The van der Waals surface area contributed by atoms with Crippen molar-refractivity contribution in [2.45, 2.75) is 219 Å². The molecule has 0 fully saturated rings. The molecule has 0 saturated carbocycles. The van der Waals surface area contributed by atoms with Gasteiger partial charge >= 0.3 is 17.9 Å². The molecule has 0 aromatic rings. The molecule has 0 rings (SSSR count). The normalized spacial score (nSPS) is 12.4. The number of carbonyl (C=O) groups is 3. The van der Waals surface area contributed by atoms with Crippen molar-refractivity contribution in [2.24, 2.45) is 0 Å². The third-order valence-corrected chi connectivity index (χ3v) is 9.24. The largest absolute Gasteiger partial charge is 0.462 e. The summed E-state index contributed by atoms with van der Waals surface area (Å²) < 4.78 is 16.6.